The van der Waals surface area contributed by atoms with E-state index in [0.717, 1.165) is 12.1 Å². The van der Waals surface area contributed by atoms with Gasteiger partial charge in [-0.2, -0.15) is 22.8 Å². The highest BCUT2D eigenvalue weighted by Crippen LogP contribution is 2.31. The molecule has 0 aliphatic rings. The van der Waals surface area contributed by atoms with Gasteiger partial charge in [-0.15, -0.1) is 5.10 Å². The molecule has 0 aliphatic carbocycles. The first kappa shape index (κ1) is 18.5. The Morgan fingerprint density at radius 2 is 1.96 bits per heavy atom. The maximum absolute atomic E-state index is 14.3. The first-order chi connectivity index (χ1) is 11.0. The van der Waals surface area contributed by atoms with Crippen LogP contribution in [0.3, 0.4) is 0 Å². The summed E-state index contributed by atoms with van der Waals surface area (Å²) in [6.45, 7) is 1.58. The fraction of sp³-hybridized carbons (Fsp3) is 0.333. The molecule has 1 aromatic carbocycles. The normalized spacial score (nSPS) is 12.5. The lowest BCUT2D eigenvalue weighted by Crippen LogP contribution is -2.10. The molecule has 2 rings (SSSR count). The molecule has 1 aromatic heterocycles. The number of hydrogen-bond donors (Lipinski definition) is 1. The number of nitrogens with one attached hydrogen (secondary N) is 1. The van der Waals surface area contributed by atoms with Gasteiger partial charge in [-0.05, 0) is 24.1 Å². The standard InChI is InChI=1S/C12H11ClF4N4O2S/c1-3-6-4-7(14)8(5-9(6)24(13,22)23)21-11(18-2)19-10(20-21)12(15,16)17/h4-5H,3H2,1-2H3,(H,18,19,20). The summed E-state index contributed by atoms with van der Waals surface area (Å²) >= 11 is 0. The summed E-state index contributed by atoms with van der Waals surface area (Å²) in [7, 11) is 2.34. The van der Waals surface area contributed by atoms with E-state index in [9.17, 15) is 26.0 Å². The Balaban J connectivity index is 2.76. The van der Waals surface area contributed by atoms with Crippen molar-refractivity contribution in [2.75, 3.05) is 12.4 Å². The quantitative estimate of drug-likeness (QED) is 0.645. The van der Waals surface area contributed by atoms with Crippen molar-refractivity contribution in [2.24, 2.45) is 0 Å². The molecule has 0 saturated carbocycles. The highest BCUT2D eigenvalue weighted by atomic mass is 35.7. The highest BCUT2D eigenvalue weighted by Gasteiger charge is 2.37. The number of aromatic nitrogens is 3. The van der Waals surface area contributed by atoms with Crippen LogP contribution in [0.2, 0.25) is 0 Å². The van der Waals surface area contributed by atoms with Crippen molar-refractivity contribution in [3.05, 3.63) is 29.3 Å². The maximum atomic E-state index is 14.3. The van der Waals surface area contributed by atoms with Crippen LogP contribution in [-0.4, -0.2) is 30.2 Å². The Bertz CT molecular complexity index is 880. The Morgan fingerprint density at radius 1 is 1.33 bits per heavy atom. The fourth-order valence-corrected chi connectivity index (χ4v) is 3.21. The molecule has 0 atom stereocenters. The zero-order valence-electron chi connectivity index (χ0n) is 12.3. The van der Waals surface area contributed by atoms with Gasteiger partial charge in [0.2, 0.25) is 5.95 Å². The van der Waals surface area contributed by atoms with Gasteiger partial charge in [0, 0.05) is 17.7 Å². The molecule has 0 fully saturated rings. The van der Waals surface area contributed by atoms with Crippen LogP contribution in [0.4, 0.5) is 23.5 Å². The van der Waals surface area contributed by atoms with E-state index < -0.39 is 43.4 Å². The summed E-state index contributed by atoms with van der Waals surface area (Å²) in [6, 6.07) is 1.71. The van der Waals surface area contributed by atoms with Gasteiger partial charge in [0.05, 0.1) is 4.90 Å². The van der Waals surface area contributed by atoms with Crippen molar-refractivity contribution < 1.29 is 26.0 Å². The highest BCUT2D eigenvalue weighted by molar-refractivity contribution is 8.13. The number of anilines is 1. The Labute approximate surface area is 138 Å². The molecule has 2 aromatic rings. The predicted molar refractivity (Wildman–Crippen MR) is 78.3 cm³/mol. The molecule has 0 radical (unpaired) electrons. The minimum atomic E-state index is -4.85. The van der Waals surface area contributed by atoms with E-state index in [0.29, 0.717) is 4.68 Å². The van der Waals surface area contributed by atoms with E-state index in [2.05, 4.69) is 15.4 Å². The van der Waals surface area contributed by atoms with Crippen LogP contribution in [0, 0.1) is 5.82 Å². The number of halogens is 5. The average Bonchev–Trinajstić information content (AvgIpc) is 2.89. The van der Waals surface area contributed by atoms with Crippen LogP contribution < -0.4 is 5.32 Å². The number of rotatable bonds is 4. The summed E-state index contributed by atoms with van der Waals surface area (Å²) in [5, 5.41) is 5.54. The van der Waals surface area contributed by atoms with E-state index in [-0.39, 0.29) is 12.0 Å². The van der Waals surface area contributed by atoms with E-state index in [1.54, 1.807) is 6.92 Å². The molecular weight excluding hydrogens is 376 g/mol. The SMILES string of the molecule is CCc1cc(F)c(-n2nc(C(F)(F)F)nc2NC)cc1S(=O)(=O)Cl. The Kier molecular flexibility index (Phi) is 4.77. The molecule has 1 heterocycles. The molecule has 12 heteroatoms. The molecule has 24 heavy (non-hydrogen) atoms. The molecule has 0 bridgehead atoms. The number of hydrogen-bond acceptors (Lipinski definition) is 5. The Hall–Kier alpha value is -1.88. The van der Waals surface area contributed by atoms with Gasteiger partial charge in [-0.3, -0.25) is 0 Å². The van der Waals surface area contributed by atoms with Crippen LogP contribution in [0.25, 0.3) is 5.69 Å². The monoisotopic (exact) mass is 386 g/mol. The smallest absolute Gasteiger partial charge is 0.357 e. The minimum Gasteiger partial charge on any atom is -0.357 e. The largest absolute Gasteiger partial charge is 0.453 e. The number of benzene rings is 1. The van der Waals surface area contributed by atoms with E-state index >= 15 is 0 Å². The maximum Gasteiger partial charge on any atom is 0.453 e. The van der Waals surface area contributed by atoms with Crippen LogP contribution in [0.1, 0.15) is 18.3 Å². The van der Waals surface area contributed by atoms with Gasteiger partial charge in [-0.1, -0.05) is 6.92 Å². The molecule has 0 amide bonds. The van der Waals surface area contributed by atoms with Crippen molar-refractivity contribution >= 4 is 25.7 Å². The lowest BCUT2D eigenvalue weighted by molar-refractivity contribution is -0.144. The topological polar surface area (TPSA) is 76.9 Å². The summed E-state index contributed by atoms with van der Waals surface area (Å²) in [6.07, 6.45) is -4.69. The minimum absolute atomic E-state index is 0.0911. The van der Waals surface area contributed by atoms with Crippen molar-refractivity contribution in [1.29, 1.82) is 0 Å². The molecule has 6 nitrogen and oxygen atoms in total. The van der Waals surface area contributed by atoms with Gasteiger partial charge in [0.15, 0.2) is 0 Å². The van der Waals surface area contributed by atoms with Crippen molar-refractivity contribution in [3.63, 3.8) is 0 Å². The molecule has 132 valence electrons. The Morgan fingerprint density at radius 3 is 2.42 bits per heavy atom. The van der Waals surface area contributed by atoms with Crippen LogP contribution in [-0.2, 0) is 21.6 Å². The molecule has 0 unspecified atom stereocenters. The predicted octanol–water partition coefficient (Wildman–Crippen LogP) is 2.96. The second-order valence-corrected chi connectivity index (χ2v) is 7.16. The zero-order chi connectivity index (χ0) is 18.3. The van der Waals surface area contributed by atoms with Gasteiger partial charge in [0.25, 0.3) is 14.9 Å². The molecule has 0 saturated heterocycles. The third-order valence-corrected chi connectivity index (χ3v) is 4.49. The van der Waals surface area contributed by atoms with Gasteiger partial charge in [-0.25, -0.2) is 12.8 Å². The first-order valence-corrected chi connectivity index (χ1v) is 8.79. The molecule has 0 spiro atoms. The third kappa shape index (κ3) is 3.46. The van der Waals surface area contributed by atoms with Gasteiger partial charge in [0.1, 0.15) is 11.5 Å². The fourth-order valence-electron chi connectivity index (χ4n) is 2.01. The lowest BCUT2D eigenvalue weighted by atomic mass is 10.1. The van der Waals surface area contributed by atoms with Crippen molar-refractivity contribution in [1.82, 2.24) is 14.8 Å². The molecular formula is C12H11ClF4N4O2S. The number of aryl methyl sites for hydroxylation is 1. The van der Waals surface area contributed by atoms with E-state index in [1.807, 2.05) is 0 Å². The summed E-state index contributed by atoms with van der Waals surface area (Å²) in [5.41, 5.74) is -0.438. The molecule has 0 aliphatic heterocycles. The first-order valence-electron chi connectivity index (χ1n) is 6.48. The van der Waals surface area contributed by atoms with Crippen LogP contribution in [0.5, 0.6) is 0 Å². The third-order valence-electron chi connectivity index (χ3n) is 3.09. The zero-order valence-corrected chi connectivity index (χ0v) is 13.9. The summed E-state index contributed by atoms with van der Waals surface area (Å²) in [4.78, 5) is 2.81. The number of nitrogens with zero attached hydrogens (tertiary/aromatic N) is 3. The van der Waals surface area contributed by atoms with Crippen molar-refractivity contribution in [3.8, 4) is 5.69 Å². The van der Waals surface area contributed by atoms with Crippen molar-refractivity contribution in [2.45, 2.75) is 24.4 Å². The second kappa shape index (κ2) is 6.20. The average molecular weight is 387 g/mol. The summed E-state index contributed by atoms with van der Waals surface area (Å²) < 4.78 is 76.3. The summed E-state index contributed by atoms with van der Waals surface area (Å²) in [5.74, 6) is -2.88. The molecule has 1 N–H and O–H groups in total. The van der Waals surface area contributed by atoms with Gasteiger partial charge < -0.3 is 5.32 Å². The van der Waals surface area contributed by atoms with Gasteiger partial charge >= 0.3 is 6.18 Å². The van der Waals surface area contributed by atoms with E-state index in [4.69, 9.17) is 10.7 Å². The lowest BCUT2D eigenvalue weighted by Gasteiger charge is -2.11. The van der Waals surface area contributed by atoms with E-state index in [1.165, 1.54) is 7.05 Å². The number of alkyl halides is 3. The van der Waals surface area contributed by atoms with Crippen LogP contribution in [0.15, 0.2) is 17.0 Å². The van der Waals surface area contributed by atoms with Crippen LogP contribution >= 0.6 is 10.7 Å². The second-order valence-electron chi connectivity index (χ2n) is 4.62.